The molecule has 2 rings (SSSR count). The third-order valence-corrected chi connectivity index (χ3v) is 4.92. The molecule has 0 aliphatic carbocycles. The summed E-state index contributed by atoms with van der Waals surface area (Å²) in [5, 5.41) is 5.85. The van der Waals surface area contributed by atoms with Crippen LogP contribution in [-0.4, -0.2) is 62.0 Å². The molecule has 3 amide bonds. The number of ether oxygens (including phenoxy) is 1. The Balaban J connectivity index is 2.05. The van der Waals surface area contributed by atoms with Crippen molar-refractivity contribution in [2.45, 2.75) is 32.7 Å². The summed E-state index contributed by atoms with van der Waals surface area (Å²) in [5.74, 6) is -0.174. The predicted octanol–water partition coefficient (Wildman–Crippen LogP) is 1.44. The second kappa shape index (κ2) is 10.8. The van der Waals surface area contributed by atoms with E-state index in [2.05, 4.69) is 10.6 Å². The van der Waals surface area contributed by atoms with Crippen LogP contribution in [-0.2, 0) is 14.3 Å². The number of carbonyl (C=O) groups is 3. The van der Waals surface area contributed by atoms with Crippen molar-refractivity contribution in [3.8, 4) is 0 Å². The van der Waals surface area contributed by atoms with E-state index in [1.807, 2.05) is 19.9 Å². The third-order valence-electron chi connectivity index (χ3n) is 4.92. The monoisotopic (exact) mass is 389 g/mol. The van der Waals surface area contributed by atoms with Crippen molar-refractivity contribution in [2.75, 3.05) is 33.4 Å². The minimum atomic E-state index is -0.619. The molecule has 28 heavy (non-hydrogen) atoms. The van der Waals surface area contributed by atoms with Crippen molar-refractivity contribution in [2.24, 2.45) is 11.8 Å². The Hall–Kier alpha value is -2.41. The molecule has 1 aliphatic heterocycles. The maximum Gasteiger partial charge on any atom is 0.251 e. The summed E-state index contributed by atoms with van der Waals surface area (Å²) in [7, 11) is 1.50. The van der Waals surface area contributed by atoms with Crippen LogP contribution < -0.4 is 10.6 Å². The van der Waals surface area contributed by atoms with Crippen LogP contribution in [0.2, 0.25) is 0 Å². The highest BCUT2D eigenvalue weighted by atomic mass is 16.5. The van der Waals surface area contributed by atoms with Crippen molar-refractivity contribution in [3.63, 3.8) is 0 Å². The van der Waals surface area contributed by atoms with Gasteiger partial charge in [-0.1, -0.05) is 32.0 Å². The summed E-state index contributed by atoms with van der Waals surface area (Å²) in [6.07, 6.45) is 1.31. The van der Waals surface area contributed by atoms with Gasteiger partial charge in [0.15, 0.2) is 0 Å². The Morgan fingerprint density at radius 3 is 2.36 bits per heavy atom. The number of likely N-dealkylation sites (tertiary alicyclic amines) is 1. The van der Waals surface area contributed by atoms with E-state index in [1.54, 1.807) is 29.2 Å². The van der Waals surface area contributed by atoms with Crippen LogP contribution in [0.25, 0.3) is 0 Å². The molecule has 1 aromatic rings. The van der Waals surface area contributed by atoms with Gasteiger partial charge in [0.1, 0.15) is 12.6 Å². The lowest BCUT2D eigenvalue weighted by Crippen LogP contribution is -2.54. The van der Waals surface area contributed by atoms with Crippen LogP contribution in [0, 0.1) is 11.8 Å². The molecule has 1 saturated heterocycles. The molecule has 7 nitrogen and oxygen atoms in total. The second-order valence-corrected chi connectivity index (χ2v) is 7.61. The molecular weight excluding hydrogens is 358 g/mol. The topological polar surface area (TPSA) is 87.7 Å². The van der Waals surface area contributed by atoms with E-state index >= 15 is 0 Å². The first kappa shape index (κ1) is 21.9. The number of hydrogen-bond acceptors (Lipinski definition) is 4. The summed E-state index contributed by atoms with van der Waals surface area (Å²) in [6.45, 7) is 5.79. The van der Waals surface area contributed by atoms with Gasteiger partial charge in [0, 0.05) is 32.3 Å². The molecule has 0 saturated carbocycles. The molecule has 1 unspecified atom stereocenters. The maximum absolute atomic E-state index is 12.8. The van der Waals surface area contributed by atoms with E-state index in [0.29, 0.717) is 44.0 Å². The Bertz CT molecular complexity index is 655. The molecule has 1 heterocycles. The molecular formula is C21H31N3O4. The molecule has 1 aliphatic rings. The first-order valence-electron chi connectivity index (χ1n) is 9.82. The highest BCUT2D eigenvalue weighted by Gasteiger charge is 2.33. The number of hydrogen-bond donors (Lipinski definition) is 2. The van der Waals surface area contributed by atoms with Gasteiger partial charge in [-0.15, -0.1) is 0 Å². The lowest BCUT2D eigenvalue weighted by atomic mass is 9.88. The standard InChI is InChI=1S/C21H31N3O4/c1-15(2)13-22-21(27)19(23-20(26)17-7-5-4-6-8-17)16-9-11-24(12-10-16)18(25)14-28-3/h4-8,15-16,19H,9-14H2,1-3H3,(H,22,27)(H,23,26). The number of rotatable bonds is 8. The number of amides is 3. The molecule has 7 heteroatoms. The van der Waals surface area contributed by atoms with Crippen molar-refractivity contribution in [1.29, 1.82) is 0 Å². The van der Waals surface area contributed by atoms with Crippen molar-refractivity contribution in [1.82, 2.24) is 15.5 Å². The van der Waals surface area contributed by atoms with Gasteiger partial charge >= 0.3 is 0 Å². The molecule has 154 valence electrons. The zero-order valence-electron chi connectivity index (χ0n) is 16.9. The van der Waals surface area contributed by atoms with E-state index in [9.17, 15) is 14.4 Å². The summed E-state index contributed by atoms with van der Waals surface area (Å²) in [4.78, 5) is 39.2. The number of nitrogens with one attached hydrogen (secondary N) is 2. The van der Waals surface area contributed by atoms with Gasteiger partial charge in [-0.25, -0.2) is 0 Å². The molecule has 1 atom stereocenters. The first-order chi connectivity index (χ1) is 13.4. The summed E-state index contributed by atoms with van der Waals surface area (Å²) < 4.78 is 4.91. The van der Waals surface area contributed by atoms with Gasteiger partial charge < -0.3 is 20.3 Å². The lowest BCUT2D eigenvalue weighted by molar-refractivity contribution is -0.136. The van der Waals surface area contributed by atoms with Gasteiger partial charge in [-0.2, -0.15) is 0 Å². The minimum absolute atomic E-state index is 0.0218. The fourth-order valence-electron chi connectivity index (χ4n) is 3.32. The third kappa shape index (κ3) is 6.34. The van der Waals surface area contributed by atoms with Gasteiger partial charge in [0.05, 0.1) is 0 Å². The largest absolute Gasteiger partial charge is 0.375 e. The molecule has 1 aromatic carbocycles. The number of methoxy groups -OCH3 is 1. The minimum Gasteiger partial charge on any atom is -0.375 e. The van der Waals surface area contributed by atoms with E-state index < -0.39 is 6.04 Å². The Labute approximate surface area is 166 Å². The molecule has 2 N–H and O–H groups in total. The van der Waals surface area contributed by atoms with Crippen LogP contribution in [0.15, 0.2) is 30.3 Å². The fourth-order valence-corrected chi connectivity index (χ4v) is 3.32. The molecule has 0 aromatic heterocycles. The SMILES string of the molecule is COCC(=O)N1CCC(C(NC(=O)c2ccccc2)C(=O)NCC(C)C)CC1. The zero-order chi connectivity index (χ0) is 20.5. The average molecular weight is 389 g/mol. The maximum atomic E-state index is 12.8. The summed E-state index contributed by atoms with van der Waals surface area (Å²) >= 11 is 0. The van der Waals surface area contributed by atoms with Crippen molar-refractivity contribution < 1.29 is 19.1 Å². The van der Waals surface area contributed by atoms with Gasteiger partial charge in [-0.3, -0.25) is 14.4 Å². The predicted molar refractivity (Wildman–Crippen MR) is 107 cm³/mol. The Morgan fingerprint density at radius 1 is 1.14 bits per heavy atom. The zero-order valence-corrected chi connectivity index (χ0v) is 16.9. The van der Waals surface area contributed by atoms with Gasteiger partial charge in [0.25, 0.3) is 5.91 Å². The van der Waals surface area contributed by atoms with E-state index in [4.69, 9.17) is 4.74 Å². The molecule has 0 radical (unpaired) electrons. The quantitative estimate of drug-likeness (QED) is 0.704. The Morgan fingerprint density at radius 2 is 1.79 bits per heavy atom. The van der Waals surface area contributed by atoms with Crippen LogP contribution in [0.5, 0.6) is 0 Å². The lowest BCUT2D eigenvalue weighted by Gasteiger charge is -2.35. The highest BCUT2D eigenvalue weighted by Crippen LogP contribution is 2.22. The molecule has 0 spiro atoms. The first-order valence-corrected chi connectivity index (χ1v) is 9.82. The van der Waals surface area contributed by atoms with Crippen molar-refractivity contribution >= 4 is 17.7 Å². The number of carbonyl (C=O) groups excluding carboxylic acids is 3. The molecule has 1 fully saturated rings. The van der Waals surface area contributed by atoms with Crippen LogP contribution >= 0.6 is 0 Å². The van der Waals surface area contributed by atoms with Gasteiger partial charge in [0.2, 0.25) is 11.8 Å². The van der Waals surface area contributed by atoms with E-state index in [1.165, 1.54) is 7.11 Å². The van der Waals surface area contributed by atoms with Crippen LogP contribution in [0.1, 0.15) is 37.0 Å². The van der Waals surface area contributed by atoms with Crippen LogP contribution in [0.4, 0.5) is 0 Å². The fraction of sp³-hybridized carbons (Fsp3) is 0.571. The normalized spacial score (nSPS) is 15.9. The van der Waals surface area contributed by atoms with E-state index in [0.717, 1.165) is 0 Å². The average Bonchev–Trinajstić information content (AvgIpc) is 2.71. The molecule has 0 bridgehead atoms. The highest BCUT2D eigenvalue weighted by molar-refractivity contribution is 5.97. The van der Waals surface area contributed by atoms with E-state index in [-0.39, 0.29) is 30.2 Å². The van der Waals surface area contributed by atoms with Crippen LogP contribution in [0.3, 0.4) is 0 Å². The van der Waals surface area contributed by atoms with Gasteiger partial charge in [-0.05, 0) is 36.8 Å². The second-order valence-electron chi connectivity index (χ2n) is 7.61. The summed E-state index contributed by atoms with van der Waals surface area (Å²) in [5.41, 5.74) is 0.525. The summed E-state index contributed by atoms with van der Waals surface area (Å²) in [6, 6.07) is 8.27. The smallest absolute Gasteiger partial charge is 0.251 e. The number of piperidine rings is 1. The number of benzene rings is 1. The number of nitrogens with zero attached hydrogens (tertiary/aromatic N) is 1. The Kier molecular flexibility index (Phi) is 8.44. The van der Waals surface area contributed by atoms with Crippen molar-refractivity contribution in [3.05, 3.63) is 35.9 Å².